The first-order valence-electron chi connectivity index (χ1n) is 8.97. The summed E-state index contributed by atoms with van der Waals surface area (Å²) in [4.78, 5) is 13.1. The first-order chi connectivity index (χ1) is 13.6. The van der Waals surface area contributed by atoms with Crippen LogP contribution in [0.25, 0.3) is 22.2 Å². The van der Waals surface area contributed by atoms with Crippen LogP contribution in [0.3, 0.4) is 0 Å². The van der Waals surface area contributed by atoms with Crippen molar-refractivity contribution < 1.29 is 9.18 Å². The maximum Gasteiger partial charge on any atom is 0.254 e. The highest BCUT2D eigenvalue weighted by molar-refractivity contribution is 6.10. The molecule has 0 unspecified atom stereocenters. The van der Waals surface area contributed by atoms with Crippen LogP contribution in [0.2, 0.25) is 0 Å². The largest absolute Gasteiger partial charge is 0.348 e. The molecule has 0 radical (unpaired) electrons. The van der Waals surface area contributed by atoms with Crippen LogP contribution in [-0.2, 0) is 6.54 Å². The van der Waals surface area contributed by atoms with E-state index in [0.717, 1.165) is 22.1 Å². The Hall–Kier alpha value is -3.60. The maximum atomic E-state index is 13.1. The molecule has 4 nitrogen and oxygen atoms in total. The van der Waals surface area contributed by atoms with Crippen molar-refractivity contribution in [3.63, 3.8) is 0 Å². The zero-order chi connectivity index (χ0) is 19.5. The fourth-order valence-electron chi connectivity index (χ4n) is 3.07. The first-order valence-corrected chi connectivity index (χ1v) is 8.97. The quantitative estimate of drug-likeness (QED) is 0.567. The van der Waals surface area contributed by atoms with Gasteiger partial charge in [0, 0.05) is 17.5 Å². The number of hydrogen-bond donors (Lipinski definition) is 1. The van der Waals surface area contributed by atoms with E-state index < -0.39 is 0 Å². The summed E-state index contributed by atoms with van der Waals surface area (Å²) in [5.41, 5.74) is 4.45. The van der Waals surface area contributed by atoms with E-state index in [0.29, 0.717) is 23.3 Å². The van der Waals surface area contributed by atoms with Crippen LogP contribution in [0.4, 0.5) is 4.39 Å². The summed E-state index contributed by atoms with van der Waals surface area (Å²) >= 11 is 0. The Balaban J connectivity index is 1.74. The molecular weight excluding hydrogens is 353 g/mol. The molecule has 1 N–H and O–H groups in total. The normalized spacial score (nSPS) is 10.8. The molecule has 1 aromatic heterocycles. The van der Waals surface area contributed by atoms with Gasteiger partial charge in [0.1, 0.15) is 11.5 Å². The second-order valence-corrected chi connectivity index (χ2v) is 6.62. The highest BCUT2D eigenvalue weighted by Gasteiger charge is 2.19. The highest BCUT2D eigenvalue weighted by atomic mass is 19.1. The third-order valence-corrected chi connectivity index (χ3v) is 4.59. The lowest BCUT2D eigenvalue weighted by atomic mass is 10.0. The Kier molecular flexibility index (Phi) is 4.81. The summed E-state index contributed by atoms with van der Waals surface area (Å²) < 4.78 is 13.1. The topological polar surface area (TPSA) is 54.9 Å². The number of benzene rings is 3. The minimum absolute atomic E-state index is 0.244. The summed E-state index contributed by atoms with van der Waals surface area (Å²) in [7, 11) is 0. The monoisotopic (exact) mass is 371 g/mol. The molecule has 1 amide bonds. The minimum atomic E-state index is -0.305. The van der Waals surface area contributed by atoms with Gasteiger partial charge in [-0.3, -0.25) is 4.79 Å². The lowest BCUT2D eigenvalue weighted by Gasteiger charge is -2.12. The molecule has 0 aliphatic rings. The van der Waals surface area contributed by atoms with Crippen molar-refractivity contribution in [1.29, 1.82) is 0 Å². The molecule has 1 heterocycles. The Morgan fingerprint density at radius 1 is 0.929 bits per heavy atom. The zero-order valence-electron chi connectivity index (χ0n) is 15.3. The van der Waals surface area contributed by atoms with Gasteiger partial charge in [0.15, 0.2) is 0 Å². The number of amides is 1. The van der Waals surface area contributed by atoms with Crippen LogP contribution in [0, 0.1) is 12.7 Å². The fraction of sp³-hybridized carbons (Fsp3) is 0.0870. The molecule has 0 saturated heterocycles. The van der Waals surface area contributed by atoms with Crippen LogP contribution in [0.5, 0.6) is 0 Å². The minimum Gasteiger partial charge on any atom is -0.348 e. The molecular formula is C23H18FN3O. The van der Waals surface area contributed by atoms with Gasteiger partial charge in [-0.15, -0.1) is 10.2 Å². The lowest BCUT2D eigenvalue weighted by molar-refractivity contribution is 0.0953. The van der Waals surface area contributed by atoms with E-state index in [4.69, 9.17) is 0 Å². The van der Waals surface area contributed by atoms with Crippen molar-refractivity contribution >= 4 is 16.8 Å². The molecule has 0 atom stereocenters. The molecule has 0 spiro atoms. The number of aryl methyl sites for hydroxylation is 1. The number of fused-ring (bicyclic) bond motifs is 1. The number of rotatable bonds is 4. The summed E-state index contributed by atoms with van der Waals surface area (Å²) in [5.74, 6) is -0.549. The average Bonchev–Trinajstić information content (AvgIpc) is 2.73. The Morgan fingerprint density at radius 3 is 2.39 bits per heavy atom. The van der Waals surface area contributed by atoms with Gasteiger partial charge >= 0.3 is 0 Å². The molecule has 0 aliphatic heterocycles. The van der Waals surface area contributed by atoms with E-state index in [-0.39, 0.29) is 11.7 Å². The number of aromatic nitrogens is 2. The van der Waals surface area contributed by atoms with Crippen molar-refractivity contribution in [1.82, 2.24) is 15.5 Å². The van der Waals surface area contributed by atoms with Crippen molar-refractivity contribution in [3.05, 3.63) is 95.3 Å². The van der Waals surface area contributed by atoms with Crippen molar-refractivity contribution in [2.45, 2.75) is 13.5 Å². The van der Waals surface area contributed by atoms with Gasteiger partial charge in [0.05, 0.1) is 11.1 Å². The standard InChI is InChI=1S/C23H18FN3O/c1-15-6-10-17(11-7-15)22-21(19-4-2-3-5-20(19)26-27-22)23(28)25-14-16-8-12-18(24)13-9-16/h2-13H,14H2,1H3,(H,25,28). The zero-order valence-corrected chi connectivity index (χ0v) is 15.3. The third kappa shape index (κ3) is 3.60. The molecule has 0 aliphatic carbocycles. The molecule has 28 heavy (non-hydrogen) atoms. The van der Waals surface area contributed by atoms with E-state index in [1.807, 2.05) is 55.5 Å². The molecule has 3 aromatic carbocycles. The number of hydrogen-bond acceptors (Lipinski definition) is 3. The first kappa shape index (κ1) is 17.8. The number of halogens is 1. The van der Waals surface area contributed by atoms with E-state index >= 15 is 0 Å². The van der Waals surface area contributed by atoms with E-state index in [9.17, 15) is 9.18 Å². The van der Waals surface area contributed by atoms with Gasteiger partial charge in [-0.25, -0.2) is 4.39 Å². The number of carbonyl (C=O) groups is 1. The fourth-order valence-corrected chi connectivity index (χ4v) is 3.07. The van der Waals surface area contributed by atoms with E-state index in [2.05, 4.69) is 15.5 Å². The number of carbonyl (C=O) groups excluding carboxylic acids is 1. The summed E-state index contributed by atoms with van der Waals surface area (Å²) in [5, 5.41) is 12.3. The van der Waals surface area contributed by atoms with Crippen LogP contribution in [0.15, 0.2) is 72.8 Å². The van der Waals surface area contributed by atoms with Crippen molar-refractivity contribution in [2.75, 3.05) is 0 Å². The Morgan fingerprint density at radius 2 is 1.64 bits per heavy atom. The van der Waals surface area contributed by atoms with Gasteiger partial charge in [0.2, 0.25) is 0 Å². The summed E-state index contributed by atoms with van der Waals surface area (Å²) in [6.07, 6.45) is 0. The van der Waals surface area contributed by atoms with Crippen LogP contribution in [0.1, 0.15) is 21.5 Å². The Labute approximate surface area is 162 Å². The molecule has 138 valence electrons. The predicted molar refractivity (Wildman–Crippen MR) is 107 cm³/mol. The van der Waals surface area contributed by atoms with Gasteiger partial charge in [-0.2, -0.15) is 0 Å². The predicted octanol–water partition coefficient (Wildman–Crippen LogP) is 4.67. The van der Waals surface area contributed by atoms with Gasteiger partial charge in [0.25, 0.3) is 5.91 Å². The molecule has 4 aromatic rings. The smallest absolute Gasteiger partial charge is 0.254 e. The molecule has 0 saturated carbocycles. The average molecular weight is 371 g/mol. The number of nitrogens with one attached hydrogen (secondary N) is 1. The van der Waals surface area contributed by atoms with E-state index in [1.165, 1.54) is 12.1 Å². The van der Waals surface area contributed by atoms with Crippen LogP contribution < -0.4 is 5.32 Å². The van der Waals surface area contributed by atoms with Crippen molar-refractivity contribution in [3.8, 4) is 11.3 Å². The number of nitrogens with zero attached hydrogens (tertiary/aromatic N) is 2. The second kappa shape index (κ2) is 7.56. The van der Waals surface area contributed by atoms with Crippen LogP contribution >= 0.6 is 0 Å². The van der Waals surface area contributed by atoms with Crippen LogP contribution in [-0.4, -0.2) is 16.1 Å². The molecule has 0 fully saturated rings. The third-order valence-electron chi connectivity index (χ3n) is 4.59. The Bertz CT molecular complexity index is 1140. The van der Waals surface area contributed by atoms with E-state index in [1.54, 1.807) is 12.1 Å². The maximum absolute atomic E-state index is 13.1. The summed E-state index contributed by atoms with van der Waals surface area (Å²) in [6, 6.07) is 21.3. The van der Waals surface area contributed by atoms with Crippen molar-refractivity contribution in [2.24, 2.45) is 0 Å². The molecule has 0 bridgehead atoms. The van der Waals surface area contributed by atoms with Gasteiger partial charge in [-0.05, 0) is 30.7 Å². The molecule has 5 heteroatoms. The summed E-state index contributed by atoms with van der Waals surface area (Å²) in [6.45, 7) is 2.30. The second-order valence-electron chi connectivity index (χ2n) is 6.62. The van der Waals surface area contributed by atoms with Gasteiger partial charge in [-0.1, -0.05) is 60.2 Å². The lowest BCUT2D eigenvalue weighted by Crippen LogP contribution is -2.24. The molecule has 4 rings (SSSR count). The van der Waals surface area contributed by atoms with Gasteiger partial charge < -0.3 is 5.32 Å². The highest BCUT2D eigenvalue weighted by Crippen LogP contribution is 2.27. The SMILES string of the molecule is Cc1ccc(-c2nnc3ccccc3c2C(=O)NCc2ccc(F)cc2)cc1.